The summed E-state index contributed by atoms with van der Waals surface area (Å²) in [6.07, 6.45) is 0.368. The molecule has 1 atom stereocenters. The van der Waals surface area contributed by atoms with E-state index in [1.165, 1.54) is 13.8 Å². The summed E-state index contributed by atoms with van der Waals surface area (Å²) in [5, 5.41) is 2.86. The minimum absolute atomic E-state index is 0.0974. The van der Waals surface area contributed by atoms with Crippen LogP contribution in [0.2, 0.25) is 0 Å². The van der Waals surface area contributed by atoms with Gasteiger partial charge in [-0.15, -0.1) is 0 Å². The van der Waals surface area contributed by atoms with E-state index in [0.717, 1.165) is 11.1 Å². The summed E-state index contributed by atoms with van der Waals surface area (Å²) >= 11 is 0. The Labute approximate surface area is 192 Å². The second kappa shape index (κ2) is 9.20. The van der Waals surface area contributed by atoms with Crippen LogP contribution in [0.5, 0.6) is 0 Å². The molecule has 166 valence electrons. The molecule has 3 aromatic carbocycles. The second-order valence-corrected chi connectivity index (χ2v) is 8.18. The van der Waals surface area contributed by atoms with Gasteiger partial charge < -0.3 is 10.2 Å². The number of amides is 2. The molecule has 4 rings (SSSR count). The molecule has 0 fully saturated rings. The number of anilines is 1. The zero-order valence-electron chi connectivity index (χ0n) is 18.5. The Morgan fingerprint density at radius 1 is 0.758 bits per heavy atom. The maximum Gasteiger partial charge on any atom is 0.254 e. The molecule has 0 radical (unpaired) electrons. The van der Waals surface area contributed by atoms with Crippen LogP contribution >= 0.6 is 0 Å². The third kappa shape index (κ3) is 4.75. The number of benzene rings is 3. The van der Waals surface area contributed by atoms with Crippen molar-refractivity contribution < 1.29 is 19.2 Å². The van der Waals surface area contributed by atoms with Crippen LogP contribution < -0.4 is 5.32 Å². The highest BCUT2D eigenvalue weighted by atomic mass is 16.2. The fourth-order valence-corrected chi connectivity index (χ4v) is 4.05. The van der Waals surface area contributed by atoms with Gasteiger partial charge >= 0.3 is 0 Å². The smallest absolute Gasteiger partial charge is 0.254 e. The number of hydrogen-bond acceptors (Lipinski definition) is 4. The van der Waals surface area contributed by atoms with Crippen LogP contribution in [0.25, 0.3) is 0 Å². The molecule has 0 unspecified atom stereocenters. The van der Waals surface area contributed by atoms with Gasteiger partial charge in [0.15, 0.2) is 11.6 Å². The first-order valence-electron chi connectivity index (χ1n) is 10.7. The zero-order chi connectivity index (χ0) is 23.5. The van der Waals surface area contributed by atoms with Gasteiger partial charge in [-0.2, -0.15) is 0 Å². The fraction of sp³-hybridized carbons (Fsp3) is 0.185. The fourth-order valence-electron chi connectivity index (χ4n) is 4.05. The lowest BCUT2D eigenvalue weighted by molar-refractivity contribution is -0.121. The van der Waals surface area contributed by atoms with Crippen molar-refractivity contribution >= 4 is 29.1 Å². The summed E-state index contributed by atoms with van der Waals surface area (Å²) < 4.78 is 0. The number of rotatable bonds is 5. The summed E-state index contributed by atoms with van der Waals surface area (Å²) in [6.45, 7) is 3.20. The predicted molar refractivity (Wildman–Crippen MR) is 125 cm³/mol. The molecule has 0 spiro atoms. The van der Waals surface area contributed by atoms with E-state index in [1.807, 2.05) is 24.3 Å². The number of hydrogen-bond donors (Lipinski definition) is 1. The van der Waals surface area contributed by atoms with Crippen molar-refractivity contribution in [3.8, 4) is 0 Å². The van der Waals surface area contributed by atoms with Crippen LogP contribution in [0.4, 0.5) is 5.69 Å². The number of fused-ring (bicyclic) bond motifs is 1. The van der Waals surface area contributed by atoms with Crippen LogP contribution in [0.15, 0.2) is 72.8 Å². The average molecular weight is 440 g/mol. The molecule has 0 aromatic heterocycles. The Kier molecular flexibility index (Phi) is 6.18. The van der Waals surface area contributed by atoms with Crippen molar-refractivity contribution in [1.82, 2.24) is 4.90 Å². The van der Waals surface area contributed by atoms with Crippen molar-refractivity contribution in [3.05, 3.63) is 101 Å². The normalized spacial score (nSPS) is 14.8. The molecule has 33 heavy (non-hydrogen) atoms. The number of nitrogens with one attached hydrogen (secondary N) is 1. The molecular formula is C27H24N2O4. The molecule has 1 aliphatic rings. The second-order valence-electron chi connectivity index (χ2n) is 8.18. The van der Waals surface area contributed by atoms with Crippen molar-refractivity contribution in [2.75, 3.05) is 5.32 Å². The number of Topliss-reactive ketones (excluding diaryl/α,β-unsaturated/α-hetero) is 2. The van der Waals surface area contributed by atoms with Gasteiger partial charge in [0.2, 0.25) is 5.91 Å². The molecule has 1 N–H and O–H groups in total. The Morgan fingerprint density at radius 2 is 1.36 bits per heavy atom. The third-order valence-corrected chi connectivity index (χ3v) is 5.86. The van der Waals surface area contributed by atoms with E-state index in [9.17, 15) is 19.2 Å². The van der Waals surface area contributed by atoms with Crippen LogP contribution in [0.1, 0.15) is 56.0 Å². The van der Waals surface area contributed by atoms with Gasteiger partial charge in [-0.1, -0.05) is 48.5 Å². The lowest BCUT2D eigenvalue weighted by atomic mass is 9.92. The maximum atomic E-state index is 13.5. The Hall–Kier alpha value is -4.06. The highest BCUT2D eigenvalue weighted by Crippen LogP contribution is 2.26. The molecule has 3 aromatic rings. The van der Waals surface area contributed by atoms with Crippen molar-refractivity contribution in [3.63, 3.8) is 0 Å². The van der Waals surface area contributed by atoms with Crippen molar-refractivity contribution in [1.29, 1.82) is 0 Å². The Morgan fingerprint density at radius 3 is 2.06 bits per heavy atom. The number of nitrogens with zero attached hydrogens (tertiary/aromatic N) is 1. The van der Waals surface area contributed by atoms with E-state index >= 15 is 0 Å². The molecule has 1 aliphatic heterocycles. The lowest BCUT2D eigenvalue weighted by Gasteiger charge is -2.36. The van der Waals surface area contributed by atoms with Crippen LogP contribution in [0, 0.1) is 0 Å². The number of ketones is 2. The molecule has 6 heteroatoms. The third-order valence-electron chi connectivity index (χ3n) is 5.86. The summed E-state index contributed by atoms with van der Waals surface area (Å²) in [5.74, 6) is -0.875. The molecular weight excluding hydrogens is 416 g/mol. The molecule has 2 amide bonds. The van der Waals surface area contributed by atoms with E-state index in [2.05, 4.69) is 5.32 Å². The van der Waals surface area contributed by atoms with E-state index in [4.69, 9.17) is 0 Å². The van der Waals surface area contributed by atoms with E-state index in [-0.39, 0.29) is 29.9 Å². The summed E-state index contributed by atoms with van der Waals surface area (Å²) in [6, 6.07) is 20.3. The topological polar surface area (TPSA) is 83.6 Å². The average Bonchev–Trinajstić information content (AvgIpc) is 2.83. The van der Waals surface area contributed by atoms with Gasteiger partial charge in [0.25, 0.3) is 5.91 Å². The summed E-state index contributed by atoms with van der Waals surface area (Å²) in [7, 11) is 0. The standard InChI is InChI=1S/C27H24N2O4/c1-17(30)19-9-5-11-22(13-19)27(33)29-16-23-8-4-3-7-21(23)15-25(29)26(32)28-24-12-6-10-20(14-24)18(2)31/h3-14,25H,15-16H2,1-2H3,(H,28,32)/t25-/m0/s1. The van der Waals surface area contributed by atoms with E-state index in [0.29, 0.717) is 28.8 Å². The van der Waals surface area contributed by atoms with Gasteiger partial charge in [0.1, 0.15) is 6.04 Å². The van der Waals surface area contributed by atoms with Crippen molar-refractivity contribution in [2.45, 2.75) is 32.9 Å². The first-order valence-corrected chi connectivity index (χ1v) is 10.7. The first kappa shape index (κ1) is 22.1. The minimum atomic E-state index is -0.741. The quantitative estimate of drug-likeness (QED) is 0.600. The summed E-state index contributed by atoms with van der Waals surface area (Å²) in [5.41, 5.74) is 3.79. The van der Waals surface area contributed by atoms with Crippen LogP contribution in [-0.4, -0.2) is 34.3 Å². The maximum absolute atomic E-state index is 13.5. The molecule has 0 aliphatic carbocycles. The highest BCUT2D eigenvalue weighted by Gasteiger charge is 2.35. The Bertz CT molecular complexity index is 1260. The minimum Gasteiger partial charge on any atom is -0.324 e. The van der Waals surface area contributed by atoms with Gasteiger partial charge in [0.05, 0.1) is 0 Å². The molecule has 0 saturated carbocycles. The first-order chi connectivity index (χ1) is 15.8. The molecule has 0 saturated heterocycles. The monoisotopic (exact) mass is 440 g/mol. The van der Waals surface area contributed by atoms with Crippen molar-refractivity contribution in [2.24, 2.45) is 0 Å². The van der Waals surface area contributed by atoms with Gasteiger partial charge in [0, 0.05) is 35.3 Å². The lowest BCUT2D eigenvalue weighted by Crippen LogP contribution is -2.50. The van der Waals surface area contributed by atoms with Crippen LogP contribution in [0.3, 0.4) is 0 Å². The highest BCUT2D eigenvalue weighted by molar-refractivity contribution is 6.04. The van der Waals surface area contributed by atoms with Gasteiger partial charge in [-0.25, -0.2) is 0 Å². The number of carbonyl (C=O) groups is 4. The largest absolute Gasteiger partial charge is 0.324 e. The van der Waals surface area contributed by atoms with Crippen LogP contribution in [-0.2, 0) is 17.8 Å². The van der Waals surface area contributed by atoms with E-state index in [1.54, 1.807) is 53.4 Å². The molecule has 0 bridgehead atoms. The predicted octanol–water partition coefficient (Wildman–Crippen LogP) is 4.30. The SMILES string of the molecule is CC(=O)c1cccc(NC(=O)[C@@H]2Cc3ccccc3CN2C(=O)c2cccc(C(C)=O)c2)c1. The Balaban J connectivity index is 1.66. The van der Waals surface area contributed by atoms with Gasteiger partial charge in [-0.05, 0) is 49.2 Å². The molecule has 1 heterocycles. The summed E-state index contributed by atoms with van der Waals surface area (Å²) in [4.78, 5) is 51.9. The number of carbonyl (C=O) groups excluding carboxylic acids is 4. The molecule has 6 nitrogen and oxygen atoms in total. The van der Waals surface area contributed by atoms with E-state index < -0.39 is 6.04 Å². The van der Waals surface area contributed by atoms with Gasteiger partial charge in [-0.3, -0.25) is 19.2 Å². The zero-order valence-corrected chi connectivity index (χ0v) is 18.5.